The number of hydrogen-bond acceptors (Lipinski definition) is 4. The second kappa shape index (κ2) is 5.56. The van der Waals surface area contributed by atoms with E-state index in [4.69, 9.17) is 4.74 Å². The van der Waals surface area contributed by atoms with Crippen LogP contribution >= 0.6 is 0 Å². The monoisotopic (exact) mass is 350 g/mol. The Bertz CT molecular complexity index is 744. The molecule has 2 aliphatic carbocycles. The molecule has 4 rings (SSSR count). The minimum atomic E-state index is -3.23. The first kappa shape index (κ1) is 16.1. The van der Waals surface area contributed by atoms with Crippen LogP contribution in [0, 0.1) is 11.8 Å². The number of ether oxygens (including phenoxy) is 1. The quantitative estimate of drug-likeness (QED) is 0.882. The van der Waals surface area contributed by atoms with E-state index in [1.807, 2.05) is 0 Å². The third-order valence-corrected chi connectivity index (χ3v) is 8.17. The Kier molecular flexibility index (Phi) is 3.73. The van der Waals surface area contributed by atoms with Crippen LogP contribution < -0.4 is 0 Å². The lowest BCUT2D eigenvalue weighted by atomic mass is 9.85. The third-order valence-electron chi connectivity index (χ3n) is 5.89. The van der Waals surface area contributed by atoms with Gasteiger partial charge >= 0.3 is 5.97 Å². The van der Waals surface area contributed by atoms with Crippen LogP contribution in [-0.2, 0) is 24.8 Å². The SMILES string of the molecule is O=C(O)C1(c2ccc(S(=O)(=O)C3CC3)cc2)CC1C1CCOCC1. The van der Waals surface area contributed by atoms with Crippen molar-refractivity contribution in [3.8, 4) is 0 Å². The Labute approximate surface area is 141 Å². The molecule has 0 radical (unpaired) electrons. The molecular formula is C18H22O5S. The van der Waals surface area contributed by atoms with Crippen molar-refractivity contribution in [2.75, 3.05) is 13.2 Å². The Morgan fingerprint density at radius 1 is 1.08 bits per heavy atom. The van der Waals surface area contributed by atoms with Crippen molar-refractivity contribution in [2.45, 2.75) is 47.7 Å². The maximum Gasteiger partial charge on any atom is 0.314 e. The normalized spacial score (nSPS) is 30.9. The van der Waals surface area contributed by atoms with Crippen LogP contribution in [0.2, 0.25) is 0 Å². The van der Waals surface area contributed by atoms with Gasteiger partial charge < -0.3 is 9.84 Å². The van der Waals surface area contributed by atoms with Gasteiger partial charge in [0.25, 0.3) is 0 Å². The molecule has 0 bridgehead atoms. The molecule has 2 atom stereocenters. The van der Waals surface area contributed by atoms with Gasteiger partial charge in [-0.1, -0.05) is 12.1 Å². The minimum Gasteiger partial charge on any atom is -0.481 e. The Morgan fingerprint density at radius 3 is 2.25 bits per heavy atom. The number of carboxylic acid groups (broad SMARTS) is 1. The van der Waals surface area contributed by atoms with E-state index in [2.05, 4.69) is 0 Å². The molecule has 24 heavy (non-hydrogen) atoms. The van der Waals surface area contributed by atoms with E-state index < -0.39 is 21.2 Å². The van der Waals surface area contributed by atoms with Gasteiger partial charge in [0, 0.05) is 13.2 Å². The van der Waals surface area contributed by atoms with Crippen LogP contribution in [0.4, 0.5) is 0 Å². The second-order valence-corrected chi connectivity index (χ2v) is 9.53. The van der Waals surface area contributed by atoms with Crippen molar-refractivity contribution < 1.29 is 23.1 Å². The van der Waals surface area contributed by atoms with Gasteiger partial charge in [-0.15, -0.1) is 0 Å². The van der Waals surface area contributed by atoms with E-state index in [0.717, 1.165) is 31.2 Å². The van der Waals surface area contributed by atoms with Crippen molar-refractivity contribution >= 4 is 15.8 Å². The predicted molar refractivity (Wildman–Crippen MR) is 87.6 cm³/mol. The number of carbonyl (C=O) groups is 1. The highest BCUT2D eigenvalue weighted by Crippen LogP contribution is 2.60. The summed E-state index contributed by atoms with van der Waals surface area (Å²) < 4.78 is 30.0. The molecule has 3 fully saturated rings. The number of carboxylic acids is 1. The highest BCUT2D eigenvalue weighted by atomic mass is 32.2. The molecule has 1 aromatic rings. The van der Waals surface area contributed by atoms with Gasteiger partial charge in [-0.2, -0.15) is 0 Å². The van der Waals surface area contributed by atoms with Crippen molar-refractivity contribution in [1.29, 1.82) is 0 Å². The second-order valence-electron chi connectivity index (χ2n) is 7.31. The molecule has 0 aromatic heterocycles. The van der Waals surface area contributed by atoms with Crippen LogP contribution in [0.1, 0.15) is 37.7 Å². The summed E-state index contributed by atoms with van der Waals surface area (Å²) in [5.74, 6) is -0.286. The molecule has 2 saturated carbocycles. The largest absolute Gasteiger partial charge is 0.481 e. The van der Waals surface area contributed by atoms with Crippen molar-refractivity contribution in [3.63, 3.8) is 0 Å². The summed E-state index contributed by atoms with van der Waals surface area (Å²) >= 11 is 0. The van der Waals surface area contributed by atoms with E-state index in [1.54, 1.807) is 24.3 Å². The fraction of sp³-hybridized carbons (Fsp3) is 0.611. The van der Waals surface area contributed by atoms with Crippen molar-refractivity contribution in [1.82, 2.24) is 0 Å². The summed E-state index contributed by atoms with van der Waals surface area (Å²) in [7, 11) is -3.23. The zero-order chi connectivity index (χ0) is 16.9. The summed E-state index contributed by atoms with van der Waals surface area (Å²) in [6.07, 6.45) is 3.92. The number of benzene rings is 1. The van der Waals surface area contributed by atoms with Gasteiger partial charge in [0.05, 0.1) is 15.6 Å². The Hall–Kier alpha value is -1.40. The average Bonchev–Trinajstić information content (AvgIpc) is 3.49. The van der Waals surface area contributed by atoms with Gasteiger partial charge in [0.2, 0.25) is 0 Å². The number of sulfone groups is 1. The molecule has 130 valence electrons. The molecular weight excluding hydrogens is 328 g/mol. The Balaban J connectivity index is 1.60. The summed E-state index contributed by atoms with van der Waals surface area (Å²) in [5.41, 5.74) is -0.106. The van der Waals surface area contributed by atoms with Crippen molar-refractivity contribution in [2.24, 2.45) is 11.8 Å². The lowest BCUT2D eigenvalue weighted by molar-refractivity contribution is -0.140. The summed E-state index contributed by atoms with van der Waals surface area (Å²) in [6.45, 7) is 1.41. The van der Waals surface area contributed by atoms with Gasteiger partial charge in [0.15, 0.2) is 9.84 Å². The molecule has 3 aliphatic rings. The highest BCUT2D eigenvalue weighted by molar-refractivity contribution is 7.92. The van der Waals surface area contributed by atoms with E-state index in [1.165, 1.54) is 0 Å². The van der Waals surface area contributed by atoms with Crippen LogP contribution in [0.15, 0.2) is 29.2 Å². The smallest absolute Gasteiger partial charge is 0.314 e. The number of rotatable bonds is 5. The molecule has 1 aromatic carbocycles. The average molecular weight is 350 g/mol. The summed E-state index contributed by atoms with van der Waals surface area (Å²) in [5, 5.41) is 9.59. The molecule has 0 amide bonds. The maximum atomic E-state index is 12.3. The van der Waals surface area contributed by atoms with Crippen LogP contribution in [-0.4, -0.2) is 38.0 Å². The van der Waals surface area contributed by atoms with Gasteiger partial charge in [0.1, 0.15) is 0 Å². The van der Waals surface area contributed by atoms with Gasteiger partial charge in [-0.05, 0) is 61.6 Å². The molecule has 1 aliphatic heterocycles. The first-order valence-corrected chi connectivity index (χ1v) is 10.2. The topological polar surface area (TPSA) is 80.7 Å². The molecule has 0 spiro atoms. The molecule has 1 N–H and O–H groups in total. The maximum absolute atomic E-state index is 12.3. The number of hydrogen-bond donors (Lipinski definition) is 1. The van der Waals surface area contributed by atoms with Crippen LogP contribution in [0.5, 0.6) is 0 Å². The number of aliphatic carboxylic acids is 1. The lowest BCUT2D eigenvalue weighted by Gasteiger charge is -2.24. The molecule has 1 saturated heterocycles. The first-order valence-electron chi connectivity index (χ1n) is 8.62. The summed E-state index contributed by atoms with van der Waals surface area (Å²) in [4.78, 5) is 12.3. The van der Waals surface area contributed by atoms with E-state index in [-0.39, 0.29) is 11.2 Å². The van der Waals surface area contributed by atoms with E-state index in [9.17, 15) is 18.3 Å². The van der Waals surface area contributed by atoms with Gasteiger partial charge in [-0.3, -0.25) is 4.79 Å². The first-order chi connectivity index (χ1) is 11.5. The van der Waals surface area contributed by atoms with Crippen LogP contribution in [0.3, 0.4) is 0 Å². The minimum absolute atomic E-state index is 0.129. The lowest BCUT2D eigenvalue weighted by Crippen LogP contribution is -2.27. The predicted octanol–water partition coefficient (Wildman–Crippen LogP) is 2.39. The molecule has 6 heteroatoms. The van der Waals surface area contributed by atoms with E-state index in [0.29, 0.717) is 30.4 Å². The fourth-order valence-electron chi connectivity index (χ4n) is 4.19. The van der Waals surface area contributed by atoms with Crippen LogP contribution in [0.25, 0.3) is 0 Å². The van der Waals surface area contributed by atoms with E-state index >= 15 is 0 Å². The molecule has 2 unspecified atom stereocenters. The van der Waals surface area contributed by atoms with Gasteiger partial charge in [-0.25, -0.2) is 8.42 Å². The zero-order valence-corrected chi connectivity index (χ0v) is 14.3. The molecule has 1 heterocycles. The zero-order valence-electron chi connectivity index (χ0n) is 13.5. The standard InChI is InChI=1S/C18H22O5S/c19-17(20)18(11-16(18)12-7-9-23-10-8-12)13-1-3-14(4-2-13)24(21,22)15-5-6-15/h1-4,12,15-16H,5-11H2,(H,19,20). The highest BCUT2D eigenvalue weighted by Gasteiger charge is 2.63. The summed E-state index contributed by atoms with van der Waals surface area (Å²) in [6, 6.07) is 6.60. The fourth-order valence-corrected chi connectivity index (χ4v) is 5.85. The Morgan fingerprint density at radius 2 is 1.71 bits per heavy atom. The third kappa shape index (κ3) is 2.47. The van der Waals surface area contributed by atoms with Crippen molar-refractivity contribution in [3.05, 3.63) is 29.8 Å². The molecule has 5 nitrogen and oxygen atoms in total.